The van der Waals surface area contributed by atoms with Crippen LogP contribution in [0, 0.1) is 0 Å². The molecule has 1 aromatic carbocycles. The molecule has 0 atom stereocenters. The summed E-state index contributed by atoms with van der Waals surface area (Å²) in [4.78, 5) is 0.0732. The maximum Gasteiger partial charge on any atom is 0.238 e. The first-order chi connectivity index (χ1) is 6.79. The van der Waals surface area contributed by atoms with Gasteiger partial charge in [-0.05, 0) is 11.6 Å². The average molecular weight is 229 g/mol. The van der Waals surface area contributed by atoms with Gasteiger partial charge in [-0.3, -0.25) is 0 Å². The minimum Gasteiger partial charge on any atom is -0.395 e. The van der Waals surface area contributed by atoms with E-state index in [0.29, 0.717) is 5.56 Å². The number of nitrogens with two attached hydrogens (primary N) is 1. The molecule has 0 aliphatic heterocycles. The Morgan fingerprint density at radius 1 is 1.33 bits per heavy atom. The van der Waals surface area contributed by atoms with E-state index >= 15 is 0 Å². The minimum atomic E-state index is -3.74. The Morgan fingerprint density at radius 3 is 2.33 bits per heavy atom. The lowest BCUT2D eigenvalue weighted by Crippen LogP contribution is -2.26. The van der Waals surface area contributed by atoms with Crippen molar-refractivity contribution in [3.8, 4) is 0 Å². The SMILES string of the molecule is CC(C)(CO)c1ccccc1S(N)(=O)=O. The van der Waals surface area contributed by atoms with E-state index in [1.807, 2.05) is 0 Å². The summed E-state index contributed by atoms with van der Waals surface area (Å²) < 4.78 is 22.6. The number of sulfonamides is 1. The molecular formula is C10H15NO3S. The maximum atomic E-state index is 11.3. The van der Waals surface area contributed by atoms with Gasteiger partial charge in [0.15, 0.2) is 0 Å². The van der Waals surface area contributed by atoms with Gasteiger partial charge in [0.2, 0.25) is 10.0 Å². The van der Waals surface area contributed by atoms with Gasteiger partial charge < -0.3 is 5.11 Å². The van der Waals surface area contributed by atoms with E-state index in [4.69, 9.17) is 5.14 Å². The minimum absolute atomic E-state index is 0.0732. The summed E-state index contributed by atoms with van der Waals surface area (Å²) in [5.41, 5.74) is -0.0850. The summed E-state index contributed by atoms with van der Waals surface area (Å²) in [5, 5.41) is 14.3. The molecule has 0 unspecified atom stereocenters. The third-order valence-corrected chi connectivity index (χ3v) is 3.29. The zero-order valence-corrected chi connectivity index (χ0v) is 9.58. The van der Waals surface area contributed by atoms with Gasteiger partial charge in [0.25, 0.3) is 0 Å². The van der Waals surface area contributed by atoms with Crippen LogP contribution in [-0.2, 0) is 15.4 Å². The molecule has 4 nitrogen and oxygen atoms in total. The van der Waals surface area contributed by atoms with Crippen molar-refractivity contribution in [2.45, 2.75) is 24.2 Å². The van der Waals surface area contributed by atoms with E-state index in [-0.39, 0.29) is 11.5 Å². The highest BCUT2D eigenvalue weighted by Gasteiger charge is 2.26. The van der Waals surface area contributed by atoms with Gasteiger partial charge in [0.1, 0.15) is 0 Å². The Balaban J connectivity index is 3.44. The summed E-state index contributed by atoms with van der Waals surface area (Å²) in [5.74, 6) is 0. The first-order valence-electron chi connectivity index (χ1n) is 4.52. The first kappa shape index (κ1) is 12.2. The number of aliphatic hydroxyl groups is 1. The lowest BCUT2D eigenvalue weighted by Gasteiger charge is -2.24. The van der Waals surface area contributed by atoms with Gasteiger partial charge in [-0.2, -0.15) is 0 Å². The van der Waals surface area contributed by atoms with E-state index in [0.717, 1.165) is 0 Å². The molecule has 0 saturated carbocycles. The van der Waals surface area contributed by atoms with Crippen LogP contribution in [0.2, 0.25) is 0 Å². The van der Waals surface area contributed by atoms with Crippen LogP contribution in [0.4, 0.5) is 0 Å². The molecule has 0 amide bonds. The third kappa shape index (κ3) is 2.56. The summed E-state index contributed by atoms with van der Waals surface area (Å²) in [6.45, 7) is 3.38. The van der Waals surface area contributed by atoms with Crippen molar-refractivity contribution >= 4 is 10.0 Å². The number of hydrogen-bond acceptors (Lipinski definition) is 3. The van der Waals surface area contributed by atoms with Gasteiger partial charge in [-0.1, -0.05) is 32.0 Å². The summed E-state index contributed by atoms with van der Waals surface area (Å²) in [7, 11) is -3.74. The quantitative estimate of drug-likeness (QED) is 0.796. The van der Waals surface area contributed by atoms with Crippen LogP contribution in [-0.4, -0.2) is 20.1 Å². The molecule has 15 heavy (non-hydrogen) atoms. The predicted molar refractivity (Wildman–Crippen MR) is 57.9 cm³/mol. The van der Waals surface area contributed by atoms with Gasteiger partial charge >= 0.3 is 0 Å². The fourth-order valence-corrected chi connectivity index (χ4v) is 2.28. The second-order valence-corrected chi connectivity index (χ2v) is 5.61. The highest BCUT2D eigenvalue weighted by atomic mass is 32.2. The number of hydrogen-bond donors (Lipinski definition) is 2. The van der Waals surface area contributed by atoms with Gasteiger partial charge in [-0.25, -0.2) is 13.6 Å². The standard InChI is InChI=1S/C10H15NO3S/c1-10(2,7-12)8-5-3-4-6-9(8)15(11,13)14/h3-6,12H,7H2,1-2H3,(H2,11,13,14). The van der Waals surface area contributed by atoms with Crippen molar-refractivity contribution in [2.75, 3.05) is 6.61 Å². The van der Waals surface area contributed by atoms with Gasteiger partial charge in [0, 0.05) is 5.41 Å². The van der Waals surface area contributed by atoms with Crippen LogP contribution < -0.4 is 5.14 Å². The zero-order chi connectivity index (χ0) is 11.7. The molecule has 0 radical (unpaired) electrons. The smallest absolute Gasteiger partial charge is 0.238 e. The fraction of sp³-hybridized carbons (Fsp3) is 0.400. The number of primary sulfonamides is 1. The highest BCUT2D eigenvalue weighted by Crippen LogP contribution is 2.27. The van der Waals surface area contributed by atoms with Gasteiger partial charge in [-0.15, -0.1) is 0 Å². The van der Waals surface area contributed by atoms with Crippen molar-refractivity contribution in [1.82, 2.24) is 0 Å². The fourth-order valence-electron chi connectivity index (χ4n) is 1.36. The Kier molecular flexibility index (Phi) is 3.18. The van der Waals surface area contributed by atoms with Crippen LogP contribution in [0.3, 0.4) is 0 Å². The van der Waals surface area contributed by atoms with Crippen LogP contribution in [0.5, 0.6) is 0 Å². The van der Waals surface area contributed by atoms with E-state index in [2.05, 4.69) is 0 Å². The van der Waals surface area contributed by atoms with Crippen LogP contribution >= 0.6 is 0 Å². The average Bonchev–Trinajstić information content (AvgIpc) is 2.16. The van der Waals surface area contributed by atoms with Crippen LogP contribution in [0.1, 0.15) is 19.4 Å². The zero-order valence-electron chi connectivity index (χ0n) is 8.77. The van der Waals surface area contributed by atoms with E-state index in [1.165, 1.54) is 6.07 Å². The molecule has 0 spiro atoms. The molecule has 3 N–H and O–H groups in total. The molecular weight excluding hydrogens is 214 g/mol. The molecule has 84 valence electrons. The molecule has 0 aromatic heterocycles. The van der Waals surface area contributed by atoms with E-state index in [9.17, 15) is 13.5 Å². The normalized spacial score (nSPS) is 12.8. The van der Waals surface area contributed by atoms with Crippen LogP contribution in [0.25, 0.3) is 0 Å². The largest absolute Gasteiger partial charge is 0.395 e. The van der Waals surface area contributed by atoms with E-state index < -0.39 is 15.4 Å². The van der Waals surface area contributed by atoms with Crippen molar-refractivity contribution in [1.29, 1.82) is 0 Å². The molecule has 0 aliphatic carbocycles. The Morgan fingerprint density at radius 2 is 1.87 bits per heavy atom. The predicted octanol–water partition coefficient (Wildman–Crippen LogP) is 0.604. The second kappa shape index (κ2) is 3.92. The maximum absolute atomic E-state index is 11.3. The Bertz CT molecular complexity index is 451. The second-order valence-electron chi connectivity index (χ2n) is 4.08. The monoisotopic (exact) mass is 229 g/mol. The Labute approximate surface area is 89.8 Å². The molecule has 0 saturated heterocycles. The molecule has 1 rings (SSSR count). The summed E-state index contributed by atoms with van der Waals surface area (Å²) in [6.07, 6.45) is 0. The number of aliphatic hydroxyl groups excluding tert-OH is 1. The van der Waals surface area contributed by atoms with Crippen LogP contribution in [0.15, 0.2) is 29.2 Å². The van der Waals surface area contributed by atoms with Crippen molar-refractivity contribution in [2.24, 2.45) is 5.14 Å². The summed E-state index contributed by atoms with van der Waals surface area (Å²) >= 11 is 0. The lowest BCUT2D eigenvalue weighted by atomic mass is 9.86. The third-order valence-electron chi connectivity index (χ3n) is 2.32. The number of rotatable bonds is 3. The number of benzene rings is 1. The van der Waals surface area contributed by atoms with Gasteiger partial charge in [0.05, 0.1) is 11.5 Å². The van der Waals surface area contributed by atoms with Crippen molar-refractivity contribution in [3.05, 3.63) is 29.8 Å². The molecule has 0 aliphatic rings. The van der Waals surface area contributed by atoms with Crippen molar-refractivity contribution in [3.63, 3.8) is 0 Å². The Hall–Kier alpha value is -0.910. The molecule has 0 bridgehead atoms. The first-order valence-corrected chi connectivity index (χ1v) is 6.07. The van der Waals surface area contributed by atoms with Crippen molar-refractivity contribution < 1.29 is 13.5 Å². The molecule has 0 fully saturated rings. The molecule has 1 aromatic rings. The summed E-state index contributed by atoms with van der Waals surface area (Å²) in [6, 6.07) is 6.44. The molecule has 5 heteroatoms. The molecule has 0 heterocycles. The van der Waals surface area contributed by atoms with E-state index in [1.54, 1.807) is 32.0 Å². The highest BCUT2D eigenvalue weighted by molar-refractivity contribution is 7.89. The topological polar surface area (TPSA) is 80.4 Å². The lowest BCUT2D eigenvalue weighted by molar-refractivity contribution is 0.216.